The van der Waals surface area contributed by atoms with E-state index in [4.69, 9.17) is 9.47 Å². The number of aromatic amines is 2. The van der Waals surface area contributed by atoms with Crippen molar-refractivity contribution in [3.63, 3.8) is 0 Å². The molecule has 0 fully saturated rings. The van der Waals surface area contributed by atoms with Crippen LogP contribution in [-0.2, 0) is 21.4 Å². The Labute approximate surface area is 252 Å². The lowest BCUT2D eigenvalue weighted by molar-refractivity contribution is -0.143. The number of aryl methyl sites for hydroxylation is 1. The summed E-state index contributed by atoms with van der Waals surface area (Å²) >= 11 is 1.36. The molecule has 2 heterocycles. The third kappa shape index (κ3) is 6.13. The second-order valence-corrected chi connectivity index (χ2v) is 11.0. The molecule has 0 radical (unpaired) electrons. The Balaban J connectivity index is 1.45. The summed E-state index contributed by atoms with van der Waals surface area (Å²) in [7, 11) is 0. The number of nitriles is 1. The van der Waals surface area contributed by atoms with E-state index in [1.165, 1.54) is 36.0 Å². The number of hydrogen-bond acceptors (Lipinski definition) is 6. The van der Waals surface area contributed by atoms with Gasteiger partial charge in [0.15, 0.2) is 11.6 Å². The zero-order valence-corrected chi connectivity index (χ0v) is 24.8. The van der Waals surface area contributed by atoms with Crippen LogP contribution in [0.5, 0.6) is 11.5 Å². The number of nitrogens with zero attached hydrogens (tertiary/aromatic N) is 2. The Morgan fingerprint density at radius 2 is 1.98 bits per heavy atom. The third-order valence-corrected chi connectivity index (χ3v) is 8.24. The number of esters is 1. The summed E-state index contributed by atoms with van der Waals surface area (Å²) in [6, 6.07) is 17.3. The van der Waals surface area contributed by atoms with Crippen LogP contribution >= 0.6 is 11.8 Å². The first-order valence-electron chi connectivity index (χ1n) is 13.8. The number of fused-ring (bicyclic) bond motifs is 1. The van der Waals surface area contributed by atoms with Crippen molar-refractivity contribution in [2.24, 2.45) is 0 Å². The number of hydrogen-bond donors (Lipinski definition) is 2. The molecule has 0 saturated carbocycles. The smallest absolute Gasteiger partial charge is 0.306 e. The average molecular weight is 601 g/mol. The number of carbonyl (C=O) groups excluding carboxylic acids is 1. The van der Waals surface area contributed by atoms with E-state index in [1.807, 2.05) is 43.5 Å². The minimum atomic E-state index is -0.799. The lowest BCUT2D eigenvalue weighted by Crippen LogP contribution is -2.24. The van der Waals surface area contributed by atoms with Crippen LogP contribution in [0, 0.1) is 23.0 Å². The third-order valence-electron chi connectivity index (χ3n) is 7.42. The highest BCUT2D eigenvalue weighted by Gasteiger charge is 2.32. The van der Waals surface area contributed by atoms with Gasteiger partial charge in [-0.05, 0) is 61.9 Å². The van der Waals surface area contributed by atoms with Crippen LogP contribution in [0.1, 0.15) is 43.5 Å². The highest BCUT2D eigenvalue weighted by Crippen LogP contribution is 2.41. The number of H-pyrrole nitrogens is 2. The summed E-state index contributed by atoms with van der Waals surface area (Å²) in [5, 5.41) is 10.6. The lowest BCUT2D eigenvalue weighted by atomic mass is 9.76. The van der Waals surface area contributed by atoms with E-state index in [0.29, 0.717) is 29.1 Å². The molecule has 5 aromatic rings. The van der Waals surface area contributed by atoms with Gasteiger partial charge < -0.3 is 19.4 Å². The van der Waals surface area contributed by atoms with E-state index in [1.54, 1.807) is 19.3 Å². The number of imidazole rings is 1. The molecule has 3 aromatic carbocycles. The van der Waals surface area contributed by atoms with Crippen LogP contribution in [0.15, 0.2) is 71.9 Å². The second-order valence-electron chi connectivity index (χ2n) is 10.2. The summed E-state index contributed by atoms with van der Waals surface area (Å²) in [6.07, 6.45) is 6.04. The number of aromatic nitrogens is 3. The van der Waals surface area contributed by atoms with Gasteiger partial charge in [0.2, 0.25) is 0 Å². The summed E-state index contributed by atoms with van der Waals surface area (Å²) in [6.45, 7) is 4.01. The fraction of sp³-hybridized carbons (Fsp3) is 0.242. The molecule has 0 aliphatic heterocycles. The lowest BCUT2D eigenvalue weighted by Gasteiger charge is -2.27. The normalized spacial score (nSPS) is 12.6. The van der Waals surface area contributed by atoms with Gasteiger partial charge in [-0.2, -0.15) is 5.26 Å². The second kappa shape index (κ2) is 12.7. The van der Waals surface area contributed by atoms with Gasteiger partial charge in [-0.3, -0.25) is 4.79 Å². The van der Waals surface area contributed by atoms with Crippen molar-refractivity contribution in [1.29, 1.82) is 5.26 Å². The molecule has 0 aliphatic rings. The first-order chi connectivity index (χ1) is 20.8. The molecule has 0 saturated heterocycles. The summed E-state index contributed by atoms with van der Waals surface area (Å²) in [5.41, 5.74) is 2.39. The Morgan fingerprint density at radius 3 is 2.74 bits per heavy atom. The van der Waals surface area contributed by atoms with Gasteiger partial charge in [0.1, 0.15) is 17.4 Å². The zero-order valence-electron chi connectivity index (χ0n) is 24.0. The fourth-order valence-corrected chi connectivity index (χ4v) is 5.81. The quantitative estimate of drug-likeness (QED) is 0.117. The van der Waals surface area contributed by atoms with Crippen LogP contribution in [0.2, 0.25) is 0 Å². The molecule has 2 aromatic heterocycles. The van der Waals surface area contributed by atoms with Crippen LogP contribution in [0.25, 0.3) is 22.3 Å². The van der Waals surface area contributed by atoms with Crippen molar-refractivity contribution in [2.45, 2.75) is 43.4 Å². The topological polar surface area (TPSA) is 104 Å². The maximum Gasteiger partial charge on any atom is 0.306 e. The predicted molar refractivity (Wildman–Crippen MR) is 162 cm³/mol. The Morgan fingerprint density at radius 1 is 1.14 bits per heavy atom. The Hall–Kier alpha value is -4.62. The highest BCUT2D eigenvalue weighted by atomic mass is 32.2. The number of rotatable bonds is 11. The molecule has 2 N–H and O–H groups in total. The molecule has 43 heavy (non-hydrogen) atoms. The van der Waals surface area contributed by atoms with E-state index >= 15 is 8.78 Å². The Bertz CT molecular complexity index is 1830. The molecule has 7 nitrogen and oxygen atoms in total. The van der Waals surface area contributed by atoms with Gasteiger partial charge in [-0.1, -0.05) is 24.3 Å². The fourth-order valence-electron chi connectivity index (χ4n) is 5.09. The minimum absolute atomic E-state index is 0.0572. The van der Waals surface area contributed by atoms with E-state index in [2.05, 4.69) is 21.0 Å². The molecule has 220 valence electrons. The first kappa shape index (κ1) is 29.9. The molecular weight excluding hydrogens is 570 g/mol. The van der Waals surface area contributed by atoms with Gasteiger partial charge in [-0.25, -0.2) is 13.8 Å². The number of benzene rings is 3. The molecule has 0 amide bonds. The molecule has 1 unspecified atom stereocenters. The van der Waals surface area contributed by atoms with Crippen LogP contribution in [0.3, 0.4) is 0 Å². The monoisotopic (exact) mass is 600 g/mol. The number of ether oxygens (including phenoxy) is 2. The molecule has 0 spiro atoms. The highest BCUT2D eigenvalue weighted by molar-refractivity contribution is 7.99. The number of carbonyl (C=O) groups is 1. The maximum atomic E-state index is 15.1. The van der Waals surface area contributed by atoms with Crippen molar-refractivity contribution < 1.29 is 23.0 Å². The number of thioether (sulfide) groups is 1. The zero-order chi connectivity index (χ0) is 30.6. The van der Waals surface area contributed by atoms with E-state index in [-0.39, 0.29) is 41.7 Å². The first-order valence-corrected chi connectivity index (χ1v) is 15.0. The van der Waals surface area contributed by atoms with Crippen molar-refractivity contribution in [1.82, 2.24) is 15.0 Å². The molecule has 1 atom stereocenters. The number of halogens is 2. The average Bonchev–Trinajstić information content (AvgIpc) is 3.68. The molecular formula is C33H30F2N4O3S. The van der Waals surface area contributed by atoms with E-state index in [0.717, 1.165) is 16.5 Å². The SMILES string of the molecule is CCOC(=O)CCc1cccc(C(C)(CC#N)c2cnc(-c3cc(Oc4c(F)cc5[nH]ccc5c4SC)ccc3F)[nH]2)c1. The standard InChI is InChI=1S/C33H30F2N4O3S/c1-4-41-29(40)11-8-20-6-5-7-21(16-20)33(2,13-14-36)28-19-38-32(39-28)24-17-22(9-10-25(24)34)42-30-26(35)18-27-23(12-15-37-27)31(30)43-3/h5-7,9-10,12,15-19,37H,4,8,11,13H2,1-3H3,(H,38,39). The van der Waals surface area contributed by atoms with Gasteiger partial charge in [-0.15, -0.1) is 11.8 Å². The van der Waals surface area contributed by atoms with Crippen molar-refractivity contribution in [3.05, 3.63) is 95.4 Å². The van der Waals surface area contributed by atoms with Gasteiger partial charge in [0, 0.05) is 46.9 Å². The van der Waals surface area contributed by atoms with E-state index < -0.39 is 17.0 Å². The van der Waals surface area contributed by atoms with Gasteiger partial charge >= 0.3 is 5.97 Å². The molecule has 5 rings (SSSR count). The minimum Gasteiger partial charge on any atom is -0.466 e. The van der Waals surface area contributed by atoms with Gasteiger partial charge in [0.05, 0.1) is 29.6 Å². The molecule has 10 heteroatoms. The van der Waals surface area contributed by atoms with Crippen LogP contribution < -0.4 is 4.74 Å². The summed E-state index contributed by atoms with van der Waals surface area (Å²) < 4.78 is 41.2. The van der Waals surface area contributed by atoms with Gasteiger partial charge in [0.25, 0.3) is 0 Å². The number of nitrogens with one attached hydrogen (secondary N) is 2. The molecule has 0 bridgehead atoms. The summed E-state index contributed by atoms with van der Waals surface area (Å²) in [5.74, 6) is -0.803. The van der Waals surface area contributed by atoms with E-state index in [9.17, 15) is 10.1 Å². The summed E-state index contributed by atoms with van der Waals surface area (Å²) in [4.78, 5) is 23.2. The predicted octanol–water partition coefficient (Wildman–Crippen LogP) is 8.07. The maximum absolute atomic E-state index is 15.1. The largest absolute Gasteiger partial charge is 0.466 e. The van der Waals surface area contributed by atoms with Crippen LogP contribution in [0.4, 0.5) is 8.78 Å². The Kier molecular flexibility index (Phi) is 8.83. The van der Waals surface area contributed by atoms with Crippen molar-refractivity contribution >= 4 is 28.6 Å². The molecule has 0 aliphatic carbocycles. The van der Waals surface area contributed by atoms with Crippen molar-refractivity contribution in [3.8, 4) is 29.0 Å². The van der Waals surface area contributed by atoms with Crippen LogP contribution in [-0.4, -0.2) is 33.8 Å². The van der Waals surface area contributed by atoms with Crippen molar-refractivity contribution in [2.75, 3.05) is 12.9 Å².